The molecule has 33 heavy (non-hydrogen) atoms. The third-order valence-electron chi connectivity index (χ3n) is 5.35. The second-order valence-corrected chi connectivity index (χ2v) is 10.3. The van der Waals surface area contributed by atoms with Crippen molar-refractivity contribution in [3.63, 3.8) is 0 Å². The average molecular weight is 489 g/mol. The highest BCUT2D eigenvalue weighted by Gasteiger charge is 2.30. The Bertz CT molecular complexity index is 1410. The lowest BCUT2D eigenvalue weighted by molar-refractivity contribution is -0.385. The molecule has 1 aliphatic heterocycles. The number of piperazine rings is 1. The predicted octanol–water partition coefficient (Wildman–Crippen LogP) is 3.02. The number of fused-ring (bicyclic) bond motifs is 1. The summed E-state index contributed by atoms with van der Waals surface area (Å²) < 4.78 is 42.0. The molecule has 13 heteroatoms. The van der Waals surface area contributed by atoms with E-state index in [1.165, 1.54) is 46.0 Å². The van der Waals surface area contributed by atoms with Crippen molar-refractivity contribution in [2.75, 3.05) is 31.1 Å². The highest BCUT2D eigenvalue weighted by Crippen LogP contribution is 2.29. The van der Waals surface area contributed by atoms with E-state index in [9.17, 15) is 22.9 Å². The molecule has 2 aromatic carbocycles. The molecule has 0 aliphatic carbocycles. The number of sulfonamides is 1. The van der Waals surface area contributed by atoms with Gasteiger partial charge in [-0.2, -0.15) is 4.31 Å². The van der Waals surface area contributed by atoms with Gasteiger partial charge in [-0.1, -0.05) is 17.4 Å². The molecule has 2 aromatic heterocycles. The molecule has 0 radical (unpaired) electrons. The summed E-state index contributed by atoms with van der Waals surface area (Å²) in [7, 11) is -3.84. The van der Waals surface area contributed by atoms with Gasteiger partial charge in [0.25, 0.3) is 5.69 Å². The summed E-state index contributed by atoms with van der Waals surface area (Å²) in [6.07, 6.45) is 1.77. The first kappa shape index (κ1) is 21.4. The van der Waals surface area contributed by atoms with Gasteiger partial charge in [0.1, 0.15) is 5.82 Å². The van der Waals surface area contributed by atoms with Gasteiger partial charge in [-0.3, -0.25) is 10.1 Å². The fraction of sp³-hybridized carbons (Fsp3) is 0.200. The van der Waals surface area contributed by atoms with E-state index in [0.29, 0.717) is 23.7 Å². The molecule has 1 aliphatic rings. The highest BCUT2D eigenvalue weighted by atomic mass is 32.2. The third-order valence-corrected chi connectivity index (χ3v) is 8.23. The van der Waals surface area contributed by atoms with Crippen LogP contribution in [0.4, 0.5) is 15.2 Å². The Hall–Kier alpha value is -3.42. The second kappa shape index (κ2) is 8.17. The Balaban J connectivity index is 1.29. The van der Waals surface area contributed by atoms with Gasteiger partial charge in [-0.25, -0.2) is 22.3 Å². The van der Waals surface area contributed by atoms with Crippen LogP contribution in [0.25, 0.3) is 16.2 Å². The normalized spacial score (nSPS) is 15.2. The number of hydrogen-bond donors (Lipinski definition) is 0. The van der Waals surface area contributed by atoms with E-state index in [1.54, 1.807) is 22.8 Å². The Labute approximate surface area is 191 Å². The maximum absolute atomic E-state index is 13.1. The lowest BCUT2D eigenvalue weighted by Crippen LogP contribution is -2.48. The van der Waals surface area contributed by atoms with E-state index < -0.39 is 14.9 Å². The van der Waals surface area contributed by atoms with Crippen LogP contribution in [0.3, 0.4) is 0 Å². The number of anilines is 1. The van der Waals surface area contributed by atoms with Crippen molar-refractivity contribution in [1.82, 2.24) is 18.9 Å². The van der Waals surface area contributed by atoms with Crippen LogP contribution in [0.1, 0.15) is 0 Å². The summed E-state index contributed by atoms with van der Waals surface area (Å²) in [6, 6.07) is 11.1. The molecule has 1 saturated heterocycles. The van der Waals surface area contributed by atoms with E-state index in [0.717, 1.165) is 16.8 Å². The number of nitrogens with zero attached hydrogens (tertiary/aromatic N) is 6. The van der Waals surface area contributed by atoms with E-state index in [1.807, 2.05) is 4.90 Å². The molecule has 0 atom stereocenters. The van der Waals surface area contributed by atoms with Crippen molar-refractivity contribution in [1.29, 1.82) is 0 Å². The summed E-state index contributed by atoms with van der Waals surface area (Å²) in [4.78, 5) is 17.5. The number of aromatic nitrogens is 3. The summed E-state index contributed by atoms with van der Waals surface area (Å²) in [5, 5.41) is 16.3. The van der Waals surface area contributed by atoms with E-state index in [2.05, 4.69) is 10.1 Å². The number of nitro groups is 1. The molecule has 0 spiro atoms. The van der Waals surface area contributed by atoms with Gasteiger partial charge < -0.3 is 4.90 Å². The van der Waals surface area contributed by atoms with Crippen LogP contribution in [0.15, 0.2) is 59.6 Å². The van der Waals surface area contributed by atoms with Crippen LogP contribution in [0.5, 0.6) is 0 Å². The Morgan fingerprint density at radius 3 is 2.45 bits per heavy atom. The zero-order valence-corrected chi connectivity index (χ0v) is 18.7. The maximum Gasteiger partial charge on any atom is 0.270 e. The number of benzene rings is 2. The SMILES string of the molecule is O=[N+]([O-])c1cccc(S(=O)(=O)N2CCN(c3nn4cc(-c5ccc(F)cc5)nc4s3)CC2)c1. The molecule has 0 amide bonds. The zero-order valence-electron chi connectivity index (χ0n) is 17.0. The minimum absolute atomic E-state index is 0.0915. The summed E-state index contributed by atoms with van der Waals surface area (Å²) in [6.45, 7) is 1.31. The van der Waals surface area contributed by atoms with Crippen molar-refractivity contribution in [3.05, 3.63) is 70.7 Å². The topological polar surface area (TPSA) is 114 Å². The molecule has 4 aromatic rings. The van der Waals surface area contributed by atoms with Crippen LogP contribution < -0.4 is 4.90 Å². The van der Waals surface area contributed by atoms with Crippen molar-refractivity contribution in [2.24, 2.45) is 0 Å². The number of halogens is 1. The molecular weight excluding hydrogens is 471 g/mol. The van der Waals surface area contributed by atoms with Crippen LogP contribution in [0.2, 0.25) is 0 Å². The van der Waals surface area contributed by atoms with E-state index in [4.69, 9.17) is 0 Å². The predicted molar refractivity (Wildman–Crippen MR) is 120 cm³/mol. The van der Waals surface area contributed by atoms with Crippen LogP contribution in [0, 0.1) is 15.9 Å². The smallest absolute Gasteiger partial charge is 0.270 e. The summed E-state index contributed by atoms with van der Waals surface area (Å²) in [5.41, 5.74) is 1.21. The maximum atomic E-state index is 13.1. The Morgan fingerprint density at radius 1 is 1.06 bits per heavy atom. The van der Waals surface area contributed by atoms with Gasteiger partial charge in [0, 0.05) is 43.9 Å². The molecule has 3 heterocycles. The van der Waals surface area contributed by atoms with Gasteiger partial charge in [0.2, 0.25) is 20.1 Å². The van der Waals surface area contributed by atoms with E-state index in [-0.39, 0.29) is 29.5 Å². The van der Waals surface area contributed by atoms with Crippen LogP contribution in [-0.4, -0.2) is 58.4 Å². The molecular formula is C20H17FN6O4S2. The van der Waals surface area contributed by atoms with E-state index >= 15 is 0 Å². The van der Waals surface area contributed by atoms with Crippen molar-refractivity contribution in [3.8, 4) is 11.3 Å². The van der Waals surface area contributed by atoms with Crippen molar-refractivity contribution < 1.29 is 17.7 Å². The lowest BCUT2D eigenvalue weighted by atomic mass is 10.2. The van der Waals surface area contributed by atoms with Gasteiger partial charge in [0.15, 0.2) is 0 Å². The van der Waals surface area contributed by atoms with Crippen LogP contribution in [-0.2, 0) is 10.0 Å². The molecule has 0 unspecified atom stereocenters. The van der Waals surface area contributed by atoms with Gasteiger partial charge in [-0.05, 0) is 30.3 Å². The summed E-state index contributed by atoms with van der Waals surface area (Å²) >= 11 is 1.38. The Kier molecular flexibility index (Phi) is 5.31. The monoisotopic (exact) mass is 488 g/mol. The standard InChI is InChI=1S/C20H17FN6O4S2/c21-15-6-4-14(5-7-15)18-13-26-19(22-18)32-20(23-26)24-8-10-25(11-9-24)33(30,31)17-3-1-2-16(12-17)27(28)29/h1-7,12-13H,8-11H2. The number of rotatable bonds is 5. The minimum Gasteiger partial charge on any atom is -0.344 e. The second-order valence-electron chi connectivity index (χ2n) is 7.39. The molecule has 0 saturated carbocycles. The largest absolute Gasteiger partial charge is 0.344 e. The fourth-order valence-electron chi connectivity index (χ4n) is 3.60. The first-order valence-corrected chi connectivity index (χ1v) is 12.2. The van der Waals surface area contributed by atoms with Crippen LogP contribution >= 0.6 is 11.3 Å². The first-order valence-electron chi connectivity index (χ1n) is 9.93. The molecule has 170 valence electrons. The molecule has 0 N–H and O–H groups in total. The van der Waals surface area contributed by atoms with Gasteiger partial charge >= 0.3 is 0 Å². The average Bonchev–Trinajstić information content (AvgIpc) is 3.39. The first-order chi connectivity index (χ1) is 15.8. The Morgan fingerprint density at radius 2 is 1.79 bits per heavy atom. The molecule has 0 bridgehead atoms. The molecule has 1 fully saturated rings. The quantitative estimate of drug-likeness (QED) is 0.313. The molecule has 10 nitrogen and oxygen atoms in total. The third kappa shape index (κ3) is 4.05. The van der Waals surface area contributed by atoms with Gasteiger partial charge in [0.05, 0.1) is 21.7 Å². The minimum atomic E-state index is -3.84. The zero-order chi connectivity index (χ0) is 23.2. The number of non-ortho nitro benzene ring substituents is 1. The number of hydrogen-bond acceptors (Lipinski definition) is 8. The van der Waals surface area contributed by atoms with Gasteiger partial charge in [-0.15, -0.1) is 5.10 Å². The lowest BCUT2D eigenvalue weighted by Gasteiger charge is -2.33. The number of nitro benzene ring substituents is 1. The fourth-order valence-corrected chi connectivity index (χ4v) is 6.00. The molecule has 5 rings (SSSR count). The van der Waals surface area contributed by atoms with Crippen molar-refractivity contribution in [2.45, 2.75) is 4.90 Å². The number of imidazole rings is 1. The van der Waals surface area contributed by atoms with Crippen molar-refractivity contribution >= 4 is 37.1 Å². The summed E-state index contributed by atoms with van der Waals surface area (Å²) in [5.74, 6) is -0.313. The highest BCUT2D eigenvalue weighted by molar-refractivity contribution is 7.89.